The molecule has 1 unspecified atom stereocenters. The number of hydrogen-bond acceptors (Lipinski definition) is 8. The van der Waals surface area contributed by atoms with Crippen LogP contribution in [0.4, 0.5) is 10.2 Å². The van der Waals surface area contributed by atoms with Crippen LogP contribution in [0.1, 0.15) is 54.6 Å². The molecule has 1 amide bonds. The van der Waals surface area contributed by atoms with Crippen molar-refractivity contribution in [3.05, 3.63) is 58.0 Å². The minimum atomic E-state index is -0.922. The number of fused-ring (bicyclic) bond motifs is 2. The first-order valence-electron chi connectivity index (χ1n) is 14.1. The summed E-state index contributed by atoms with van der Waals surface area (Å²) >= 11 is 6.57. The molecule has 1 aliphatic carbocycles. The summed E-state index contributed by atoms with van der Waals surface area (Å²) in [5.74, 6) is -0.731. The Morgan fingerprint density at radius 1 is 1.15 bits per heavy atom. The molecule has 41 heavy (non-hydrogen) atoms. The molecule has 1 aromatic carbocycles. The first-order valence-corrected chi connectivity index (χ1v) is 14.5. The Labute approximate surface area is 247 Å². The number of aryl methyl sites for hydroxylation is 1. The SMILES string of the molecule is C=C(F)C(=O)N1CCN(c2nc(OC)nc3c2CN(C2CCc4cccc(Cl)c42)C3)CC1.CC#N.CN1CCCC1. The maximum atomic E-state index is 13.3. The summed E-state index contributed by atoms with van der Waals surface area (Å²) in [6, 6.07) is 8.46. The van der Waals surface area contributed by atoms with Crippen LogP contribution < -0.4 is 9.64 Å². The molecule has 2 fully saturated rings. The van der Waals surface area contributed by atoms with Gasteiger partial charge in [-0.2, -0.15) is 15.2 Å². The number of rotatable bonds is 4. The number of hydrogen-bond donors (Lipinski definition) is 0. The van der Waals surface area contributed by atoms with Crippen LogP contribution in [0.15, 0.2) is 30.6 Å². The van der Waals surface area contributed by atoms with Gasteiger partial charge >= 0.3 is 6.01 Å². The number of methoxy groups -OCH3 is 1. The number of nitrogens with zero attached hydrogens (tertiary/aromatic N) is 7. The van der Waals surface area contributed by atoms with Gasteiger partial charge in [0.2, 0.25) is 0 Å². The number of carbonyl (C=O) groups excluding carboxylic acids is 1. The van der Waals surface area contributed by atoms with Crippen LogP contribution in [0.3, 0.4) is 0 Å². The highest BCUT2D eigenvalue weighted by molar-refractivity contribution is 6.31. The molecule has 0 saturated carbocycles. The predicted octanol–water partition coefficient (Wildman–Crippen LogP) is 4.52. The van der Waals surface area contributed by atoms with Crippen molar-refractivity contribution < 1.29 is 13.9 Å². The summed E-state index contributed by atoms with van der Waals surface area (Å²) < 4.78 is 18.6. The number of nitriles is 1. The van der Waals surface area contributed by atoms with Gasteiger partial charge < -0.3 is 19.4 Å². The van der Waals surface area contributed by atoms with E-state index in [-0.39, 0.29) is 6.04 Å². The molecular weight excluding hydrogens is 545 g/mol. The number of carbonyl (C=O) groups is 1. The van der Waals surface area contributed by atoms with Gasteiger partial charge in [-0.05, 0) is 63.0 Å². The van der Waals surface area contributed by atoms with Gasteiger partial charge in [0.25, 0.3) is 5.91 Å². The van der Waals surface area contributed by atoms with Gasteiger partial charge in [-0.3, -0.25) is 9.69 Å². The quantitative estimate of drug-likeness (QED) is 0.486. The second-order valence-corrected chi connectivity index (χ2v) is 11.1. The lowest BCUT2D eigenvalue weighted by Gasteiger charge is -2.35. The van der Waals surface area contributed by atoms with Crippen LogP contribution in [0.5, 0.6) is 6.01 Å². The summed E-state index contributed by atoms with van der Waals surface area (Å²) in [7, 11) is 3.74. The zero-order valence-corrected chi connectivity index (χ0v) is 25.0. The van der Waals surface area contributed by atoms with Gasteiger partial charge in [0.15, 0.2) is 5.83 Å². The summed E-state index contributed by atoms with van der Waals surface area (Å²) in [6.07, 6.45) is 4.87. The summed E-state index contributed by atoms with van der Waals surface area (Å²) in [5.41, 5.74) is 4.59. The predicted molar refractivity (Wildman–Crippen MR) is 157 cm³/mol. The van der Waals surface area contributed by atoms with E-state index in [2.05, 4.69) is 44.4 Å². The van der Waals surface area contributed by atoms with Gasteiger partial charge in [0.1, 0.15) is 5.82 Å². The summed E-state index contributed by atoms with van der Waals surface area (Å²) in [6.45, 7) is 10.6. The standard InChI is InChI=1S/C23H25ClFN5O2.C5H11N.C2H3N/c1-14(25)22(31)29-10-8-28(9-11-29)21-16-12-30(13-18(16)26-23(27-21)32-2)19-7-6-15-4-3-5-17(24)20(15)19;1-6-4-2-3-5-6;1-2-3/h3-5,19H,1,6-13H2,2H3;2-5H2,1H3;1H3. The van der Waals surface area contributed by atoms with E-state index in [9.17, 15) is 9.18 Å². The average Bonchev–Trinajstić information content (AvgIpc) is 3.73. The minimum Gasteiger partial charge on any atom is -0.467 e. The number of amides is 1. The van der Waals surface area contributed by atoms with Crippen LogP contribution >= 0.6 is 11.6 Å². The van der Waals surface area contributed by atoms with Gasteiger partial charge in [0.05, 0.1) is 18.9 Å². The van der Waals surface area contributed by atoms with Crippen molar-refractivity contribution in [1.29, 1.82) is 5.26 Å². The molecule has 9 nitrogen and oxygen atoms in total. The van der Waals surface area contributed by atoms with E-state index in [0.29, 0.717) is 38.7 Å². The van der Waals surface area contributed by atoms with Crippen LogP contribution in [0.25, 0.3) is 0 Å². The Hall–Kier alpha value is -3.26. The topological polar surface area (TPSA) is 88.8 Å². The van der Waals surface area contributed by atoms with E-state index in [1.54, 1.807) is 13.2 Å². The second kappa shape index (κ2) is 14.1. The van der Waals surface area contributed by atoms with Crippen molar-refractivity contribution in [2.75, 3.05) is 58.3 Å². The normalized spacial score (nSPS) is 19.8. The number of halogens is 2. The number of benzene rings is 1. The maximum Gasteiger partial charge on any atom is 0.318 e. The molecule has 3 aliphatic heterocycles. The zero-order chi connectivity index (χ0) is 29.5. The number of anilines is 1. The summed E-state index contributed by atoms with van der Waals surface area (Å²) in [4.78, 5) is 29.6. The molecule has 0 radical (unpaired) electrons. The third-order valence-electron chi connectivity index (χ3n) is 7.98. The van der Waals surface area contributed by atoms with Crippen molar-refractivity contribution in [1.82, 2.24) is 24.7 Å². The molecule has 0 N–H and O–H groups in total. The largest absolute Gasteiger partial charge is 0.467 e. The van der Waals surface area contributed by atoms with Crippen molar-refractivity contribution in [2.24, 2.45) is 0 Å². The number of piperazine rings is 1. The Kier molecular flexibility index (Phi) is 10.5. The van der Waals surface area contributed by atoms with Gasteiger partial charge in [-0.1, -0.05) is 30.3 Å². The van der Waals surface area contributed by atoms with Crippen LogP contribution in [0, 0.1) is 11.3 Å². The van der Waals surface area contributed by atoms with E-state index >= 15 is 0 Å². The van der Waals surface area contributed by atoms with Gasteiger partial charge in [-0.25, -0.2) is 4.39 Å². The summed E-state index contributed by atoms with van der Waals surface area (Å²) in [5, 5.41) is 8.14. The molecular formula is C30H39ClFN7O2. The Morgan fingerprint density at radius 3 is 2.41 bits per heavy atom. The van der Waals surface area contributed by atoms with E-state index < -0.39 is 11.7 Å². The molecule has 220 valence electrons. The number of aromatic nitrogens is 2. The fourth-order valence-corrected chi connectivity index (χ4v) is 6.28. The Morgan fingerprint density at radius 2 is 1.83 bits per heavy atom. The molecule has 1 aromatic heterocycles. The van der Waals surface area contributed by atoms with Gasteiger partial charge in [-0.15, -0.1) is 0 Å². The minimum absolute atomic E-state index is 0.247. The first kappa shape index (κ1) is 30.7. The fraction of sp³-hybridized carbons (Fsp3) is 0.533. The Balaban J connectivity index is 0.000000372. The van der Waals surface area contributed by atoms with Crippen molar-refractivity contribution in [3.8, 4) is 12.1 Å². The van der Waals surface area contributed by atoms with Crippen LogP contribution in [-0.2, 0) is 24.3 Å². The van der Waals surface area contributed by atoms with Crippen LogP contribution in [0.2, 0.25) is 5.02 Å². The van der Waals surface area contributed by atoms with E-state index in [4.69, 9.17) is 21.6 Å². The highest BCUT2D eigenvalue weighted by Gasteiger charge is 2.37. The molecule has 0 spiro atoms. The lowest BCUT2D eigenvalue weighted by molar-refractivity contribution is -0.128. The van der Waals surface area contributed by atoms with E-state index in [0.717, 1.165) is 41.5 Å². The van der Waals surface area contributed by atoms with Gasteiger partial charge in [0, 0.05) is 62.8 Å². The molecule has 6 rings (SSSR count). The third-order valence-corrected chi connectivity index (χ3v) is 8.31. The third kappa shape index (κ3) is 7.15. The molecule has 0 bridgehead atoms. The second-order valence-electron chi connectivity index (χ2n) is 10.6. The number of ether oxygens (including phenoxy) is 1. The highest BCUT2D eigenvalue weighted by atomic mass is 35.5. The lowest BCUT2D eigenvalue weighted by atomic mass is 10.1. The van der Waals surface area contributed by atoms with Crippen molar-refractivity contribution in [3.63, 3.8) is 0 Å². The molecule has 2 saturated heterocycles. The maximum absolute atomic E-state index is 13.3. The average molecular weight is 584 g/mol. The molecule has 2 aromatic rings. The number of likely N-dealkylation sites (tertiary alicyclic amines) is 1. The fourth-order valence-electron chi connectivity index (χ4n) is 5.96. The zero-order valence-electron chi connectivity index (χ0n) is 24.2. The van der Waals surface area contributed by atoms with E-state index in [1.807, 2.05) is 12.1 Å². The smallest absolute Gasteiger partial charge is 0.318 e. The molecule has 4 aliphatic rings. The molecule has 11 heteroatoms. The Bertz CT molecular complexity index is 1290. The highest BCUT2D eigenvalue weighted by Crippen LogP contribution is 2.44. The first-order chi connectivity index (χ1) is 19.8. The van der Waals surface area contributed by atoms with Crippen molar-refractivity contribution >= 4 is 23.3 Å². The molecule has 1 atom stereocenters. The van der Waals surface area contributed by atoms with Crippen LogP contribution in [-0.4, -0.2) is 84.0 Å². The molecule has 4 heterocycles. The monoisotopic (exact) mass is 583 g/mol. The van der Waals surface area contributed by atoms with Crippen molar-refractivity contribution in [2.45, 2.75) is 51.7 Å². The van der Waals surface area contributed by atoms with E-state index in [1.165, 1.54) is 48.9 Å². The lowest BCUT2D eigenvalue weighted by Crippen LogP contribution is -2.49.